The van der Waals surface area contributed by atoms with Crippen molar-refractivity contribution in [2.45, 2.75) is 13.5 Å². The zero-order valence-electron chi connectivity index (χ0n) is 16.8. The third-order valence-electron chi connectivity index (χ3n) is 5.24. The number of benzene rings is 2. The van der Waals surface area contributed by atoms with E-state index in [1.54, 1.807) is 24.3 Å². The normalized spacial score (nSPS) is 12.9. The maximum absolute atomic E-state index is 13.4. The average Bonchev–Trinajstić information content (AvgIpc) is 3.12. The maximum Gasteiger partial charge on any atom is 0.263 e. The molecule has 5 rings (SSSR count). The molecular formula is C23H16FN3O4S. The molecule has 7 nitrogen and oxygen atoms in total. The lowest BCUT2D eigenvalue weighted by Crippen LogP contribution is -2.26. The zero-order chi connectivity index (χ0) is 22.4. The van der Waals surface area contributed by atoms with E-state index in [9.17, 15) is 18.8 Å². The second-order valence-electron chi connectivity index (χ2n) is 7.37. The molecule has 0 unspecified atom stereocenters. The average molecular weight is 449 g/mol. The Morgan fingerprint density at radius 2 is 2.00 bits per heavy atom. The molecule has 0 saturated carbocycles. The number of nitrogens with zero attached hydrogens (tertiary/aromatic N) is 2. The molecule has 0 fully saturated rings. The van der Waals surface area contributed by atoms with Crippen molar-refractivity contribution in [3.8, 4) is 16.9 Å². The molecule has 4 aromatic rings. The molecule has 0 spiro atoms. The maximum atomic E-state index is 13.4. The Hall–Kier alpha value is -3.85. The second kappa shape index (κ2) is 7.69. The van der Waals surface area contributed by atoms with Gasteiger partial charge in [0.2, 0.25) is 0 Å². The molecule has 0 aliphatic carbocycles. The van der Waals surface area contributed by atoms with Gasteiger partial charge in [0.1, 0.15) is 16.4 Å². The summed E-state index contributed by atoms with van der Waals surface area (Å²) < 4.78 is 19.9. The van der Waals surface area contributed by atoms with Gasteiger partial charge in [-0.05, 0) is 42.8 Å². The number of fused-ring (bicyclic) bond motifs is 2. The first kappa shape index (κ1) is 20.1. The zero-order valence-corrected chi connectivity index (χ0v) is 17.7. The number of hydrogen-bond acceptors (Lipinski definition) is 6. The van der Waals surface area contributed by atoms with E-state index in [0.29, 0.717) is 38.3 Å². The number of aryl methyl sites for hydroxylation is 1. The molecule has 1 amide bonds. The Labute approximate surface area is 185 Å². The van der Waals surface area contributed by atoms with Crippen molar-refractivity contribution < 1.29 is 18.7 Å². The molecule has 2 aromatic carbocycles. The van der Waals surface area contributed by atoms with E-state index in [2.05, 4.69) is 10.3 Å². The summed E-state index contributed by atoms with van der Waals surface area (Å²) in [6, 6.07) is 10.7. The van der Waals surface area contributed by atoms with Crippen molar-refractivity contribution in [3.63, 3.8) is 0 Å². The summed E-state index contributed by atoms with van der Waals surface area (Å²) in [5.74, 6) is -0.488. The van der Waals surface area contributed by atoms with Crippen molar-refractivity contribution in [2.24, 2.45) is 0 Å². The lowest BCUT2D eigenvalue weighted by atomic mass is 10.0. The fraction of sp³-hybridized carbons (Fsp3) is 0.130. The third-order valence-corrected chi connectivity index (χ3v) is 6.25. The van der Waals surface area contributed by atoms with Crippen LogP contribution >= 0.6 is 11.3 Å². The summed E-state index contributed by atoms with van der Waals surface area (Å²) in [4.78, 5) is 43.5. The number of nitrogens with one attached hydrogen (secondary N) is 1. The van der Waals surface area contributed by atoms with Gasteiger partial charge in [0.05, 0.1) is 23.9 Å². The van der Waals surface area contributed by atoms with Crippen LogP contribution in [0.3, 0.4) is 0 Å². The van der Waals surface area contributed by atoms with Crippen LogP contribution in [0, 0.1) is 12.7 Å². The highest BCUT2D eigenvalue weighted by Crippen LogP contribution is 2.35. The number of Topliss-reactive ketones (excluding diaryl/α,β-unsaturated/α-hetero) is 1. The van der Waals surface area contributed by atoms with Crippen LogP contribution in [0.15, 0.2) is 53.6 Å². The molecule has 160 valence electrons. The monoisotopic (exact) mass is 449 g/mol. The van der Waals surface area contributed by atoms with Gasteiger partial charge >= 0.3 is 0 Å². The van der Waals surface area contributed by atoms with E-state index >= 15 is 0 Å². The van der Waals surface area contributed by atoms with Crippen LogP contribution in [0.5, 0.6) is 5.75 Å². The summed E-state index contributed by atoms with van der Waals surface area (Å²) >= 11 is 1.37. The van der Waals surface area contributed by atoms with Gasteiger partial charge in [-0.15, -0.1) is 11.3 Å². The van der Waals surface area contributed by atoms with Crippen LogP contribution in [0.4, 0.5) is 10.1 Å². The van der Waals surface area contributed by atoms with E-state index < -0.39 is 0 Å². The Balaban J connectivity index is 1.52. The number of halogens is 1. The minimum absolute atomic E-state index is 0.0716. The van der Waals surface area contributed by atoms with Gasteiger partial charge in [-0.25, -0.2) is 9.37 Å². The van der Waals surface area contributed by atoms with Crippen LogP contribution < -0.4 is 15.6 Å². The molecule has 2 aromatic heterocycles. The van der Waals surface area contributed by atoms with Crippen LogP contribution in [-0.2, 0) is 11.3 Å². The van der Waals surface area contributed by atoms with Crippen LogP contribution in [0.25, 0.3) is 21.3 Å². The highest BCUT2D eigenvalue weighted by molar-refractivity contribution is 7.19. The molecule has 32 heavy (non-hydrogen) atoms. The molecule has 1 aliphatic rings. The molecule has 1 aliphatic heterocycles. The minimum Gasteiger partial charge on any atom is -0.482 e. The van der Waals surface area contributed by atoms with Crippen LogP contribution in [0.1, 0.15) is 15.2 Å². The number of carbonyl (C=O) groups is 2. The van der Waals surface area contributed by atoms with Crippen molar-refractivity contribution in [2.75, 3.05) is 11.9 Å². The van der Waals surface area contributed by atoms with Crippen molar-refractivity contribution in [3.05, 3.63) is 75.4 Å². The largest absolute Gasteiger partial charge is 0.482 e. The molecule has 3 heterocycles. The minimum atomic E-state index is -0.362. The number of ketones is 1. The number of carbonyl (C=O) groups excluding carboxylic acids is 2. The fourth-order valence-corrected chi connectivity index (χ4v) is 4.72. The molecule has 0 atom stereocenters. The van der Waals surface area contributed by atoms with E-state index in [-0.39, 0.29) is 36.2 Å². The van der Waals surface area contributed by atoms with Crippen molar-refractivity contribution in [1.29, 1.82) is 0 Å². The van der Waals surface area contributed by atoms with E-state index in [1.807, 2.05) is 6.92 Å². The van der Waals surface area contributed by atoms with Gasteiger partial charge in [-0.2, -0.15) is 0 Å². The van der Waals surface area contributed by atoms with Gasteiger partial charge < -0.3 is 10.1 Å². The lowest BCUT2D eigenvalue weighted by Gasteiger charge is -2.18. The first-order valence-electron chi connectivity index (χ1n) is 9.75. The quantitative estimate of drug-likeness (QED) is 0.479. The van der Waals surface area contributed by atoms with Crippen molar-refractivity contribution in [1.82, 2.24) is 9.55 Å². The smallest absolute Gasteiger partial charge is 0.263 e. The highest BCUT2D eigenvalue weighted by Gasteiger charge is 2.20. The molecule has 0 bridgehead atoms. The first-order chi connectivity index (χ1) is 15.4. The summed E-state index contributed by atoms with van der Waals surface area (Å²) in [5.41, 5.74) is 1.81. The Morgan fingerprint density at radius 1 is 1.22 bits per heavy atom. The highest BCUT2D eigenvalue weighted by atomic mass is 32.1. The summed E-state index contributed by atoms with van der Waals surface area (Å²) in [6.07, 6.45) is 1.36. The predicted molar refractivity (Wildman–Crippen MR) is 119 cm³/mol. The van der Waals surface area contributed by atoms with Gasteiger partial charge in [0, 0.05) is 16.0 Å². The van der Waals surface area contributed by atoms with Gasteiger partial charge in [-0.3, -0.25) is 19.0 Å². The predicted octanol–water partition coefficient (Wildman–Crippen LogP) is 3.79. The number of aromatic nitrogens is 2. The number of thiophene rings is 1. The number of anilines is 1. The number of ether oxygens (including phenoxy) is 1. The lowest BCUT2D eigenvalue weighted by molar-refractivity contribution is -0.118. The Kier molecular flexibility index (Phi) is 4.82. The van der Waals surface area contributed by atoms with E-state index in [0.717, 1.165) is 4.88 Å². The Bertz CT molecular complexity index is 1460. The fourth-order valence-electron chi connectivity index (χ4n) is 3.72. The number of hydrogen-bond donors (Lipinski definition) is 1. The second-order valence-corrected chi connectivity index (χ2v) is 8.57. The molecule has 0 saturated heterocycles. The van der Waals surface area contributed by atoms with E-state index in [4.69, 9.17) is 4.74 Å². The van der Waals surface area contributed by atoms with Crippen molar-refractivity contribution >= 4 is 38.9 Å². The molecule has 9 heteroatoms. The summed E-state index contributed by atoms with van der Waals surface area (Å²) in [5, 5.41) is 3.07. The topological polar surface area (TPSA) is 90.3 Å². The SMILES string of the molecule is Cc1sc2ncn(CC(=O)c3ccc4c(c3)NC(=O)CO4)c(=O)c2c1-c1ccc(F)cc1. The summed E-state index contributed by atoms with van der Waals surface area (Å²) in [6.45, 7) is 1.59. The van der Waals surface area contributed by atoms with Crippen LogP contribution in [-0.4, -0.2) is 27.8 Å². The van der Waals surface area contributed by atoms with Gasteiger partial charge in [-0.1, -0.05) is 12.1 Å². The van der Waals surface area contributed by atoms with Gasteiger partial charge in [0.15, 0.2) is 12.4 Å². The van der Waals surface area contributed by atoms with E-state index in [1.165, 1.54) is 40.4 Å². The first-order valence-corrected chi connectivity index (χ1v) is 10.6. The summed E-state index contributed by atoms with van der Waals surface area (Å²) in [7, 11) is 0. The molecular weight excluding hydrogens is 433 g/mol. The third kappa shape index (κ3) is 3.46. The molecule has 0 radical (unpaired) electrons. The van der Waals surface area contributed by atoms with Crippen LogP contribution in [0.2, 0.25) is 0 Å². The Morgan fingerprint density at radius 3 is 2.78 bits per heavy atom. The number of amides is 1. The van der Waals surface area contributed by atoms with Gasteiger partial charge in [0.25, 0.3) is 11.5 Å². The number of rotatable bonds is 4. The molecule has 1 N–H and O–H groups in total. The standard InChI is InChI=1S/C23H16FN3O4S/c1-12-20(13-2-5-15(24)6-3-13)21-22(32-12)25-11-27(23(21)30)9-17(28)14-4-7-18-16(8-14)26-19(29)10-31-18/h2-8,11H,9-10H2,1H3,(H,26,29).